The van der Waals surface area contributed by atoms with Crippen molar-refractivity contribution in [3.8, 4) is 0 Å². The molecule has 7 nitrogen and oxygen atoms in total. The zero-order valence-corrected chi connectivity index (χ0v) is 9.66. The highest BCUT2D eigenvalue weighted by molar-refractivity contribution is 5.85. The summed E-state index contributed by atoms with van der Waals surface area (Å²) < 4.78 is 6.01. The smallest absolute Gasteiger partial charge is 0.352 e. The molecule has 0 aliphatic rings. The Kier molecular flexibility index (Phi) is 3.22. The zero-order valence-electron chi connectivity index (χ0n) is 9.66. The Morgan fingerprint density at radius 3 is 2.89 bits per heavy atom. The fraction of sp³-hybridized carbons (Fsp3) is 0.273. The number of carbonyl (C=O) groups is 1. The number of hydrogen-bond donors (Lipinski definition) is 1. The fourth-order valence-electron chi connectivity index (χ4n) is 1.50. The molecule has 2 rings (SSSR count). The summed E-state index contributed by atoms with van der Waals surface area (Å²) in [5, 5.41) is 12.7. The van der Waals surface area contributed by atoms with Crippen molar-refractivity contribution in [2.24, 2.45) is 0 Å². The van der Waals surface area contributed by atoms with Gasteiger partial charge in [-0.05, 0) is 6.07 Å². The summed E-state index contributed by atoms with van der Waals surface area (Å²) >= 11 is 0. The molecule has 2 aromatic heterocycles. The van der Waals surface area contributed by atoms with Crippen LogP contribution in [0.1, 0.15) is 29.1 Å². The Morgan fingerprint density at radius 1 is 1.50 bits per heavy atom. The van der Waals surface area contributed by atoms with Crippen molar-refractivity contribution in [2.45, 2.75) is 19.9 Å². The van der Waals surface area contributed by atoms with Crippen molar-refractivity contribution < 1.29 is 14.4 Å². The third-order valence-corrected chi connectivity index (χ3v) is 2.39. The van der Waals surface area contributed by atoms with E-state index in [9.17, 15) is 9.59 Å². The second-order valence-corrected chi connectivity index (χ2v) is 3.60. The summed E-state index contributed by atoms with van der Waals surface area (Å²) in [5.74, 6) is -0.448. The highest BCUT2D eigenvalue weighted by Gasteiger charge is 2.13. The van der Waals surface area contributed by atoms with Gasteiger partial charge in [-0.1, -0.05) is 18.1 Å². The number of pyridine rings is 1. The first-order chi connectivity index (χ1) is 8.61. The van der Waals surface area contributed by atoms with Crippen molar-refractivity contribution in [1.82, 2.24) is 14.7 Å². The van der Waals surface area contributed by atoms with Crippen LogP contribution in [-0.4, -0.2) is 25.8 Å². The lowest BCUT2D eigenvalue weighted by molar-refractivity contribution is 0.0683. The van der Waals surface area contributed by atoms with Gasteiger partial charge in [0.1, 0.15) is 12.2 Å². The molecular formula is C11H11N3O4. The topological polar surface area (TPSA) is 98.2 Å². The van der Waals surface area contributed by atoms with Gasteiger partial charge in [0.2, 0.25) is 5.89 Å². The standard InChI is InChI=1S/C11H11N3O4/c1-2-8-12-9(18-13-8)6-14-7(11(16)17)4-3-5-10(14)15/h3-5H,2,6H2,1H3,(H,16,17). The van der Waals surface area contributed by atoms with Gasteiger partial charge in [0.15, 0.2) is 5.82 Å². The molecule has 0 unspecified atom stereocenters. The van der Waals surface area contributed by atoms with E-state index in [1.165, 1.54) is 18.2 Å². The number of carboxylic acids is 1. The summed E-state index contributed by atoms with van der Waals surface area (Å²) in [4.78, 5) is 26.7. The molecule has 94 valence electrons. The van der Waals surface area contributed by atoms with E-state index in [0.29, 0.717) is 12.2 Å². The molecule has 2 heterocycles. The summed E-state index contributed by atoms with van der Waals surface area (Å²) in [6.45, 7) is 1.82. The maximum atomic E-state index is 11.6. The van der Waals surface area contributed by atoms with E-state index in [-0.39, 0.29) is 18.1 Å². The molecule has 18 heavy (non-hydrogen) atoms. The second-order valence-electron chi connectivity index (χ2n) is 3.60. The van der Waals surface area contributed by atoms with Crippen LogP contribution in [0.5, 0.6) is 0 Å². The van der Waals surface area contributed by atoms with Crippen LogP contribution in [0, 0.1) is 0 Å². The lowest BCUT2D eigenvalue weighted by Gasteiger charge is -2.05. The van der Waals surface area contributed by atoms with Crippen molar-refractivity contribution in [3.63, 3.8) is 0 Å². The highest BCUT2D eigenvalue weighted by atomic mass is 16.5. The van der Waals surface area contributed by atoms with Crippen LogP contribution in [0.3, 0.4) is 0 Å². The third-order valence-electron chi connectivity index (χ3n) is 2.39. The molecular weight excluding hydrogens is 238 g/mol. The highest BCUT2D eigenvalue weighted by Crippen LogP contribution is 2.03. The maximum absolute atomic E-state index is 11.6. The number of aromatic carboxylic acids is 1. The number of aromatic nitrogens is 3. The molecule has 7 heteroatoms. The van der Waals surface area contributed by atoms with E-state index >= 15 is 0 Å². The van der Waals surface area contributed by atoms with Gasteiger partial charge in [0.05, 0.1) is 0 Å². The maximum Gasteiger partial charge on any atom is 0.352 e. The molecule has 0 atom stereocenters. The largest absolute Gasteiger partial charge is 0.477 e. The van der Waals surface area contributed by atoms with Gasteiger partial charge in [-0.15, -0.1) is 0 Å². The van der Waals surface area contributed by atoms with Crippen LogP contribution in [0.25, 0.3) is 0 Å². The van der Waals surface area contributed by atoms with Crippen LogP contribution >= 0.6 is 0 Å². The van der Waals surface area contributed by atoms with Gasteiger partial charge in [-0.3, -0.25) is 9.36 Å². The monoisotopic (exact) mass is 249 g/mol. The first-order valence-corrected chi connectivity index (χ1v) is 5.36. The molecule has 0 amide bonds. The molecule has 0 spiro atoms. The molecule has 0 saturated heterocycles. The van der Waals surface area contributed by atoms with E-state index in [0.717, 1.165) is 4.57 Å². The predicted octanol–water partition coefficient (Wildman–Crippen LogP) is 0.540. The number of rotatable bonds is 4. The van der Waals surface area contributed by atoms with Crippen LogP contribution in [0.2, 0.25) is 0 Å². The number of nitrogens with zero attached hydrogens (tertiary/aromatic N) is 3. The predicted molar refractivity (Wildman–Crippen MR) is 60.4 cm³/mol. The van der Waals surface area contributed by atoms with Crippen molar-refractivity contribution >= 4 is 5.97 Å². The number of carboxylic acid groups (broad SMARTS) is 1. The fourth-order valence-corrected chi connectivity index (χ4v) is 1.50. The first kappa shape index (κ1) is 12.0. The zero-order chi connectivity index (χ0) is 13.1. The third kappa shape index (κ3) is 2.29. The molecule has 0 saturated carbocycles. The minimum atomic E-state index is -1.18. The Morgan fingerprint density at radius 2 is 2.28 bits per heavy atom. The van der Waals surface area contributed by atoms with Crippen molar-refractivity contribution in [3.05, 3.63) is 46.0 Å². The van der Waals surface area contributed by atoms with Gasteiger partial charge >= 0.3 is 5.97 Å². The molecule has 0 aliphatic carbocycles. The normalized spacial score (nSPS) is 10.5. The molecule has 1 N–H and O–H groups in total. The van der Waals surface area contributed by atoms with Crippen LogP contribution < -0.4 is 5.56 Å². The number of hydrogen-bond acceptors (Lipinski definition) is 5. The Labute approximate surface area is 102 Å². The SMILES string of the molecule is CCc1noc(Cn2c(C(=O)O)cccc2=O)n1. The van der Waals surface area contributed by atoms with E-state index < -0.39 is 11.5 Å². The van der Waals surface area contributed by atoms with Gasteiger partial charge in [-0.25, -0.2) is 4.79 Å². The van der Waals surface area contributed by atoms with Crippen LogP contribution in [-0.2, 0) is 13.0 Å². The first-order valence-electron chi connectivity index (χ1n) is 5.36. The molecule has 0 aromatic carbocycles. The van der Waals surface area contributed by atoms with Crippen molar-refractivity contribution in [2.75, 3.05) is 0 Å². The molecule has 0 radical (unpaired) electrons. The molecule has 2 aromatic rings. The molecule has 0 aliphatic heterocycles. The van der Waals surface area contributed by atoms with Gasteiger partial charge in [0, 0.05) is 12.5 Å². The van der Waals surface area contributed by atoms with E-state index in [4.69, 9.17) is 9.63 Å². The minimum Gasteiger partial charge on any atom is -0.477 e. The van der Waals surface area contributed by atoms with E-state index in [1.54, 1.807) is 0 Å². The average molecular weight is 249 g/mol. The summed E-state index contributed by atoms with van der Waals surface area (Å²) in [6, 6.07) is 4.03. The van der Waals surface area contributed by atoms with E-state index in [1.807, 2.05) is 6.92 Å². The summed E-state index contributed by atoms with van der Waals surface area (Å²) in [5.41, 5.74) is -0.537. The Hall–Kier alpha value is -2.44. The summed E-state index contributed by atoms with van der Waals surface area (Å²) in [7, 11) is 0. The van der Waals surface area contributed by atoms with Gasteiger partial charge in [0.25, 0.3) is 5.56 Å². The average Bonchev–Trinajstić information content (AvgIpc) is 2.79. The molecule has 0 bridgehead atoms. The Balaban J connectivity index is 2.39. The van der Waals surface area contributed by atoms with Gasteiger partial charge in [-0.2, -0.15) is 4.98 Å². The van der Waals surface area contributed by atoms with Crippen LogP contribution in [0.4, 0.5) is 0 Å². The van der Waals surface area contributed by atoms with Gasteiger partial charge < -0.3 is 9.63 Å². The lowest BCUT2D eigenvalue weighted by Crippen LogP contribution is -2.25. The lowest BCUT2D eigenvalue weighted by atomic mass is 10.3. The quantitative estimate of drug-likeness (QED) is 0.849. The second kappa shape index (κ2) is 4.82. The minimum absolute atomic E-state index is 0.0473. The Bertz CT molecular complexity index is 629. The molecule has 0 fully saturated rings. The number of aryl methyl sites for hydroxylation is 1. The summed E-state index contributed by atoms with van der Waals surface area (Å²) in [6.07, 6.45) is 0.610. The van der Waals surface area contributed by atoms with E-state index in [2.05, 4.69) is 10.1 Å². The van der Waals surface area contributed by atoms with Crippen molar-refractivity contribution in [1.29, 1.82) is 0 Å². The van der Waals surface area contributed by atoms with Crippen LogP contribution in [0.15, 0.2) is 27.5 Å².